The van der Waals surface area contributed by atoms with Crippen LogP contribution in [0.3, 0.4) is 0 Å². The van der Waals surface area contributed by atoms with Crippen LogP contribution in [0.5, 0.6) is 0 Å². The maximum Gasteiger partial charge on any atom is 0.246 e. The molecule has 3 heterocycles. The summed E-state index contributed by atoms with van der Waals surface area (Å²) in [5.74, 6) is -1.96. The Balaban J connectivity index is 1.66. The summed E-state index contributed by atoms with van der Waals surface area (Å²) in [5, 5.41) is 16.3. The highest BCUT2D eigenvalue weighted by molar-refractivity contribution is 5.99. The number of amides is 3. The van der Waals surface area contributed by atoms with Crippen LogP contribution in [0.1, 0.15) is 59.4 Å². The van der Waals surface area contributed by atoms with E-state index in [0.717, 1.165) is 5.56 Å². The maximum absolute atomic E-state index is 14.0. The molecule has 3 aliphatic rings. The number of likely N-dealkylation sites (tertiary alicyclic amines) is 1. The van der Waals surface area contributed by atoms with Crippen LogP contribution < -0.4 is 10.6 Å². The minimum Gasteiger partial charge on any atom is -0.394 e. The predicted octanol–water partition coefficient (Wildman–Crippen LogP) is 2.00. The molecule has 3 fully saturated rings. The van der Waals surface area contributed by atoms with Crippen LogP contribution in [0.15, 0.2) is 30.3 Å². The second-order valence-corrected chi connectivity index (χ2v) is 11.7. The van der Waals surface area contributed by atoms with E-state index in [4.69, 9.17) is 4.74 Å². The Bertz CT molecular complexity index is 959. The van der Waals surface area contributed by atoms with Crippen molar-refractivity contribution >= 4 is 17.7 Å². The van der Waals surface area contributed by atoms with Crippen molar-refractivity contribution in [3.05, 3.63) is 35.9 Å². The van der Waals surface area contributed by atoms with Crippen molar-refractivity contribution in [2.75, 3.05) is 6.61 Å². The van der Waals surface area contributed by atoms with Crippen molar-refractivity contribution in [1.29, 1.82) is 0 Å². The van der Waals surface area contributed by atoms with Crippen LogP contribution >= 0.6 is 0 Å². The number of rotatable bonds is 8. The summed E-state index contributed by atoms with van der Waals surface area (Å²) in [6, 6.07) is 8.22. The molecule has 8 nitrogen and oxygen atoms in total. The third-order valence-electron chi connectivity index (χ3n) is 7.44. The van der Waals surface area contributed by atoms with E-state index in [0.29, 0.717) is 25.8 Å². The molecular formula is C27H39N3O5. The zero-order valence-corrected chi connectivity index (χ0v) is 21.4. The molecule has 3 amide bonds. The van der Waals surface area contributed by atoms with Crippen LogP contribution in [-0.2, 0) is 25.7 Å². The van der Waals surface area contributed by atoms with Gasteiger partial charge in [0.2, 0.25) is 17.7 Å². The lowest BCUT2D eigenvalue weighted by atomic mass is 9.70. The molecule has 0 saturated carbocycles. The average molecular weight is 486 g/mol. The predicted molar refractivity (Wildman–Crippen MR) is 131 cm³/mol. The fourth-order valence-corrected chi connectivity index (χ4v) is 6.25. The first-order valence-electron chi connectivity index (χ1n) is 12.7. The zero-order valence-electron chi connectivity index (χ0n) is 21.4. The van der Waals surface area contributed by atoms with E-state index in [-0.39, 0.29) is 30.2 Å². The molecule has 1 aromatic rings. The molecule has 0 radical (unpaired) electrons. The van der Waals surface area contributed by atoms with E-state index in [2.05, 4.69) is 10.6 Å². The highest BCUT2D eigenvalue weighted by Crippen LogP contribution is 2.59. The van der Waals surface area contributed by atoms with E-state index >= 15 is 0 Å². The van der Waals surface area contributed by atoms with Crippen LogP contribution in [0.4, 0.5) is 0 Å². The van der Waals surface area contributed by atoms with Gasteiger partial charge in [0.1, 0.15) is 11.6 Å². The van der Waals surface area contributed by atoms with Crippen molar-refractivity contribution in [1.82, 2.24) is 15.5 Å². The van der Waals surface area contributed by atoms with Gasteiger partial charge in [0, 0.05) is 12.1 Å². The summed E-state index contributed by atoms with van der Waals surface area (Å²) in [4.78, 5) is 42.6. The van der Waals surface area contributed by atoms with Crippen LogP contribution in [0.2, 0.25) is 0 Å². The third-order valence-corrected chi connectivity index (χ3v) is 7.44. The Morgan fingerprint density at radius 3 is 2.49 bits per heavy atom. The van der Waals surface area contributed by atoms with Gasteiger partial charge in [0.05, 0.1) is 30.6 Å². The Kier molecular flexibility index (Phi) is 6.99. The number of carbonyl (C=O) groups is 3. The first kappa shape index (κ1) is 25.6. The molecule has 2 unspecified atom stereocenters. The van der Waals surface area contributed by atoms with Crippen molar-refractivity contribution < 1.29 is 24.2 Å². The lowest BCUT2D eigenvalue weighted by molar-refractivity contribution is -0.146. The van der Waals surface area contributed by atoms with Crippen molar-refractivity contribution in [2.45, 2.75) is 89.8 Å². The molecule has 3 aliphatic heterocycles. The number of aliphatic hydroxyl groups is 1. The van der Waals surface area contributed by atoms with E-state index in [9.17, 15) is 19.5 Å². The van der Waals surface area contributed by atoms with Gasteiger partial charge in [0.15, 0.2) is 0 Å². The lowest BCUT2D eigenvalue weighted by Gasteiger charge is -2.38. The second-order valence-electron chi connectivity index (χ2n) is 11.7. The molecule has 1 spiro atoms. The number of nitrogens with zero attached hydrogens (tertiary/aromatic N) is 1. The summed E-state index contributed by atoms with van der Waals surface area (Å²) < 4.78 is 6.45. The number of hydrogen-bond donors (Lipinski definition) is 3. The number of fused-ring (bicyclic) bond motifs is 1. The summed E-state index contributed by atoms with van der Waals surface area (Å²) in [5.41, 5.74) is -0.592. The Morgan fingerprint density at radius 1 is 1.20 bits per heavy atom. The summed E-state index contributed by atoms with van der Waals surface area (Å²) >= 11 is 0. The van der Waals surface area contributed by atoms with Gasteiger partial charge in [-0.05, 0) is 51.5 Å². The van der Waals surface area contributed by atoms with Crippen LogP contribution in [0, 0.1) is 17.8 Å². The number of hydrogen-bond acceptors (Lipinski definition) is 5. The van der Waals surface area contributed by atoms with Gasteiger partial charge in [-0.15, -0.1) is 0 Å². The SMILES string of the molecule is CC(C)C[C@H](CO)N1C(=O)[C@@H]2[C@@H](C(=O)NCc3ccccc3)[C@H]3CCC2(O3)C1C(=O)NC(C)(C)C. The maximum atomic E-state index is 14.0. The van der Waals surface area contributed by atoms with Gasteiger partial charge < -0.3 is 25.4 Å². The topological polar surface area (TPSA) is 108 Å². The van der Waals surface area contributed by atoms with Crippen molar-refractivity contribution in [3.8, 4) is 0 Å². The molecule has 3 N–H and O–H groups in total. The second kappa shape index (κ2) is 9.54. The molecule has 3 saturated heterocycles. The van der Waals surface area contributed by atoms with Gasteiger partial charge >= 0.3 is 0 Å². The van der Waals surface area contributed by atoms with Crippen molar-refractivity contribution in [3.63, 3.8) is 0 Å². The Labute approximate surface area is 207 Å². The molecule has 2 bridgehead atoms. The Hall–Kier alpha value is -2.45. The van der Waals surface area contributed by atoms with E-state index < -0.39 is 41.2 Å². The molecule has 1 aromatic carbocycles. The molecule has 192 valence electrons. The van der Waals surface area contributed by atoms with Gasteiger partial charge in [-0.3, -0.25) is 14.4 Å². The first-order chi connectivity index (χ1) is 16.5. The van der Waals surface area contributed by atoms with Crippen molar-refractivity contribution in [2.24, 2.45) is 17.8 Å². The minimum atomic E-state index is -1.06. The molecular weight excluding hydrogens is 446 g/mol. The van der Waals surface area contributed by atoms with E-state index in [1.807, 2.05) is 65.0 Å². The normalized spacial score (nSPS) is 30.5. The summed E-state index contributed by atoms with van der Waals surface area (Å²) in [6.45, 7) is 9.84. The Morgan fingerprint density at radius 2 is 1.89 bits per heavy atom. The quantitative estimate of drug-likeness (QED) is 0.522. The van der Waals surface area contributed by atoms with E-state index in [1.165, 1.54) is 0 Å². The van der Waals surface area contributed by atoms with Gasteiger partial charge in [-0.25, -0.2) is 0 Å². The smallest absolute Gasteiger partial charge is 0.246 e. The molecule has 0 aromatic heterocycles. The number of ether oxygens (including phenoxy) is 1. The molecule has 8 heteroatoms. The zero-order chi connectivity index (χ0) is 25.5. The first-order valence-corrected chi connectivity index (χ1v) is 12.7. The highest BCUT2D eigenvalue weighted by Gasteiger charge is 2.75. The molecule has 35 heavy (non-hydrogen) atoms. The summed E-state index contributed by atoms with van der Waals surface area (Å²) in [7, 11) is 0. The largest absolute Gasteiger partial charge is 0.394 e. The fraction of sp³-hybridized carbons (Fsp3) is 0.667. The molecule has 6 atom stereocenters. The van der Waals surface area contributed by atoms with E-state index in [1.54, 1.807) is 4.90 Å². The van der Waals surface area contributed by atoms with Crippen LogP contribution in [-0.4, -0.2) is 63.7 Å². The third kappa shape index (κ3) is 4.70. The molecule has 4 rings (SSSR count). The number of aliphatic hydroxyl groups excluding tert-OH is 1. The van der Waals surface area contributed by atoms with Crippen LogP contribution in [0.25, 0.3) is 0 Å². The van der Waals surface area contributed by atoms with Gasteiger partial charge in [-0.1, -0.05) is 44.2 Å². The lowest BCUT2D eigenvalue weighted by Crippen LogP contribution is -2.60. The standard InChI is InChI=1S/C27H39N3O5/c1-16(2)13-18(15-31)30-22(24(33)29-26(3,4)5)27-12-11-19(35-27)20(21(27)25(30)34)23(32)28-14-17-9-7-6-8-10-17/h6-10,16,18-22,31H,11-15H2,1-5H3,(H,28,32)(H,29,33)/t18-,19-,20+,21+,22?,27?/m1/s1. The number of carbonyl (C=O) groups excluding carboxylic acids is 3. The highest BCUT2D eigenvalue weighted by atomic mass is 16.5. The van der Waals surface area contributed by atoms with Gasteiger partial charge in [-0.2, -0.15) is 0 Å². The number of benzene rings is 1. The summed E-state index contributed by atoms with van der Waals surface area (Å²) in [6.07, 6.45) is 1.31. The average Bonchev–Trinajstić information content (AvgIpc) is 3.42. The minimum absolute atomic E-state index is 0.214. The fourth-order valence-electron chi connectivity index (χ4n) is 6.25. The molecule has 0 aliphatic carbocycles. The monoisotopic (exact) mass is 485 g/mol. The number of nitrogens with one attached hydrogen (secondary N) is 2. The van der Waals surface area contributed by atoms with Gasteiger partial charge in [0.25, 0.3) is 0 Å².